The van der Waals surface area contributed by atoms with Crippen LogP contribution in [0.5, 0.6) is 0 Å². The molecule has 120 valence electrons. The van der Waals surface area contributed by atoms with Gasteiger partial charge in [0.2, 0.25) is 10.0 Å². The first-order valence-corrected chi connectivity index (χ1v) is 8.91. The number of sulfonamides is 1. The average molecular weight is 314 g/mol. The predicted octanol–water partition coefficient (Wildman–Crippen LogP) is 1.64. The van der Waals surface area contributed by atoms with E-state index >= 15 is 0 Å². The molecule has 0 atom stereocenters. The maximum absolute atomic E-state index is 12.0. The van der Waals surface area contributed by atoms with Crippen molar-refractivity contribution in [3.8, 4) is 0 Å². The molecule has 0 bridgehead atoms. The number of unbranched alkanes of at least 4 members (excludes halogenated alkanes) is 2. The van der Waals surface area contributed by atoms with Gasteiger partial charge in [-0.05, 0) is 37.4 Å². The third-order valence-corrected chi connectivity index (χ3v) is 4.47. The van der Waals surface area contributed by atoms with Crippen LogP contribution < -0.4 is 10.0 Å². The van der Waals surface area contributed by atoms with E-state index in [9.17, 15) is 8.42 Å². The van der Waals surface area contributed by atoms with Gasteiger partial charge in [-0.25, -0.2) is 13.1 Å². The van der Waals surface area contributed by atoms with Crippen LogP contribution in [-0.2, 0) is 27.1 Å². The number of nitrogens with one attached hydrogen (secondary N) is 2. The smallest absolute Gasteiger partial charge is 0.215 e. The Kier molecular flexibility index (Phi) is 8.52. The molecule has 5 nitrogen and oxygen atoms in total. The molecular weight excluding hydrogens is 288 g/mol. The van der Waals surface area contributed by atoms with E-state index in [1.54, 1.807) is 7.11 Å². The molecule has 1 aromatic rings. The number of benzene rings is 1. The molecule has 0 radical (unpaired) electrons. The van der Waals surface area contributed by atoms with Crippen LogP contribution in [0.15, 0.2) is 24.3 Å². The van der Waals surface area contributed by atoms with E-state index < -0.39 is 10.0 Å². The lowest BCUT2D eigenvalue weighted by atomic mass is 10.1. The zero-order valence-electron chi connectivity index (χ0n) is 12.9. The van der Waals surface area contributed by atoms with Crippen molar-refractivity contribution in [1.82, 2.24) is 10.0 Å². The molecule has 0 amide bonds. The molecule has 0 aliphatic rings. The van der Waals surface area contributed by atoms with Gasteiger partial charge in [0.05, 0.1) is 5.75 Å². The summed E-state index contributed by atoms with van der Waals surface area (Å²) >= 11 is 0. The molecule has 0 unspecified atom stereocenters. The Labute approximate surface area is 128 Å². The van der Waals surface area contributed by atoms with Crippen molar-refractivity contribution < 1.29 is 13.2 Å². The zero-order valence-corrected chi connectivity index (χ0v) is 13.7. The molecule has 0 saturated heterocycles. The molecule has 0 aliphatic heterocycles. The SMILES string of the molecule is CNCc1ccc(CS(=O)(=O)NCCCCCOC)cc1. The van der Waals surface area contributed by atoms with Crippen LogP contribution in [0.1, 0.15) is 30.4 Å². The van der Waals surface area contributed by atoms with Crippen molar-refractivity contribution in [3.63, 3.8) is 0 Å². The van der Waals surface area contributed by atoms with Crippen molar-refractivity contribution in [2.45, 2.75) is 31.6 Å². The minimum absolute atomic E-state index is 0.0326. The van der Waals surface area contributed by atoms with E-state index in [4.69, 9.17) is 4.74 Å². The van der Waals surface area contributed by atoms with Gasteiger partial charge in [-0.15, -0.1) is 0 Å². The number of methoxy groups -OCH3 is 1. The number of hydrogen-bond donors (Lipinski definition) is 2. The van der Waals surface area contributed by atoms with Crippen LogP contribution in [0.4, 0.5) is 0 Å². The van der Waals surface area contributed by atoms with Crippen LogP contribution in [0.2, 0.25) is 0 Å². The van der Waals surface area contributed by atoms with Crippen LogP contribution >= 0.6 is 0 Å². The first-order valence-electron chi connectivity index (χ1n) is 7.26. The normalized spacial score (nSPS) is 11.7. The third-order valence-electron chi connectivity index (χ3n) is 3.11. The lowest BCUT2D eigenvalue weighted by Gasteiger charge is -2.07. The lowest BCUT2D eigenvalue weighted by molar-refractivity contribution is 0.192. The van der Waals surface area contributed by atoms with Gasteiger partial charge in [0, 0.05) is 26.8 Å². The summed E-state index contributed by atoms with van der Waals surface area (Å²) in [6.07, 6.45) is 2.77. The summed E-state index contributed by atoms with van der Waals surface area (Å²) in [6, 6.07) is 7.63. The van der Waals surface area contributed by atoms with E-state index in [1.165, 1.54) is 0 Å². The van der Waals surface area contributed by atoms with E-state index in [2.05, 4.69) is 10.0 Å². The molecule has 6 heteroatoms. The van der Waals surface area contributed by atoms with E-state index in [1.807, 2.05) is 31.3 Å². The Bertz CT molecular complexity index is 486. The first-order chi connectivity index (χ1) is 10.1. The Hall–Kier alpha value is -0.950. The fourth-order valence-electron chi connectivity index (χ4n) is 2.00. The van der Waals surface area contributed by atoms with Crippen LogP contribution in [0.3, 0.4) is 0 Å². The second kappa shape index (κ2) is 9.89. The topological polar surface area (TPSA) is 67.4 Å². The highest BCUT2D eigenvalue weighted by Gasteiger charge is 2.10. The van der Waals surface area contributed by atoms with E-state index in [-0.39, 0.29) is 5.75 Å². The first kappa shape index (κ1) is 18.1. The molecule has 0 saturated carbocycles. The summed E-state index contributed by atoms with van der Waals surface area (Å²) < 4.78 is 31.5. The second-order valence-electron chi connectivity index (χ2n) is 5.05. The molecule has 0 fully saturated rings. The third kappa shape index (κ3) is 8.16. The molecule has 0 aromatic heterocycles. The molecule has 0 aliphatic carbocycles. The zero-order chi connectivity index (χ0) is 15.6. The van der Waals surface area contributed by atoms with Gasteiger partial charge in [0.25, 0.3) is 0 Å². The van der Waals surface area contributed by atoms with Gasteiger partial charge in [-0.1, -0.05) is 24.3 Å². The predicted molar refractivity (Wildman–Crippen MR) is 85.6 cm³/mol. The highest BCUT2D eigenvalue weighted by Crippen LogP contribution is 2.08. The molecule has 21 heavy (non-hydrogen) atoms. The van der Waals surface area contributed by atoms with Gasteiger partial charge in [-0.2, -0.15) is 0 Å². The minimum Gasteiger partial charge on any atom is -0.385 e. The van der Waals surface area contributed by atoms with Crippen molar-refractivity contribution in [2.24, 2.45) is 0 Å². The highest BCUT2D eigenvalue weighted by atomic mass is 32.2. The quantitative estimate of drug-likeness (QED) is 0.609. The van der Waals surface area contributed by atoms with Gasteiger partial charge in [-0.3, -0.25) is 0 Å². The Morgan fingerprint density at radius 3 is 2.33 bits per heavy atom. The van der Waals surface area contributed by atoms with Crippen molar-refractivity contribution in [3.05, 3.63) is 35.4 Å². The summed E-state index contributed by atoms with van der Waals surface area (Å²) in [5.74, 6) is 0.0326. The minimum atomic E-state index is -3.25. The summed E-state index contributed by atoms with van der Waals surface area (Å²) in [4.78, 5) is 0. The van der Waals surface area contributed by atoms with Gasteiger partial charge in [0.15, 0.2) is 0 Å². The second-order valence-corrected chi connectivity index (χ2v) is 6.86. The Morgan fingerprint density at radius 1 is 1.05 bits per heavy atom. The van der Waals surface area contributed by atoms with Crippen molar-refractivity contribution in [1.29, 1.82) is 0 Å². The number of ether oxygens (including phenoxy) is 1. The van der Waals surface area contributed by atoms with Crippen LogP contribution in [0.25, 0.3) is 0 Å². The summed E-state index contributed by atoms with van der Waals surface area (Å²) in [5.41, 5.74) is 1.95. The molecule has 1 rings (SSSR count). The van der Waals surface area contributed by atoms with Crippen LogP contribution in [-0.4, -0.2) is 35.7 Å². The van der Waals surface area contributed by atoms with Gasteiger partial charge < -0.3 is 10.1 Å². The molecular formula is C15H26N2O3S. The summed E-state index contributed by atoms with van der Waals surface area (Å²) in [5, 5.41) is 3.06. The molecule has 1 aromatic carbocycles. The summed E-state index contributed by atoms with van der Waals surface area (Å²) in [6.45, 7) is 2.00. The lowest BCUT2D eigenvalue weighted by Crippen LogP contribution is -2.26. The average Bonchev–Trinajstić information content (AvgIpc) is 2.45. The monoisotopic (exact) mass is 314 g/mol. The highest BCUT2D eigenvalue weighted by molar-refractivity contribution is 7.88. The number of hydrogen-bond acceptors (Lipinski definition) is 4. The van der Waals surface area contributed by atoms with E-state index in [0.717, 1.165) is 43.5 Å². The molecule has 0 heterocycles. The Morgan fingerprint density at radius 2 is 1.71 bits per heavy atom. The Balaban J connectivity index is 2.34. The summed E-state index contributed by atoms with van der Waals surface area (Å²) in [7, 11) is 0.306. The molecule has 2 N–H and O–H groups in total. The number of rotatable bonds is 11. The van der Waals surface area contributed by atoms with Crippen molar-refractivity contribution >= 4 is 10.0 Å². The maximum Gasteiger partial charge on any atom is 0.215 e. The fraction of sp³-hybridized carbons (Fsp3) is 0.600. The molecule has 0 spiro atoms. The fourth-order valence-corrected chi connectivity index (χ4v) is 3.19. The van der Waals surface area contributed by atoms with Gasteiger partial charge >= 0.3 is 0 Å². The van der Waals surface area contributed by atoms with E-state index in [0.29, 0.717) is 6.54 Å². The van der Waals surface area contributed by atoms with Crippen LogP contribution in [0, 0.1) is 0 Å². The van der Waals surface area contributed by atoms with Crippen molar-refractivity contribution in [2.75, 3.05) is 27.3 Å². The van der Waals surface area contributed by atoms with Gasteiger partial charge in [0.1, 0.15) is 0 Å². The largest absolute Gasteiger partial charge is 0.385 e. The maximum atomic E-state index is 12.0. The standard InChI is InChI=1S/C15H26N2O3S/c1-16-12-14-6-8-15(9-7-14)13-21(18,19)17-10-4-3-5-11-20-2/h6-9,16-17H,3-5,10-13H2,1-2H3.